The van der Waals surface area contributed by atoms with Crippen molar-refractivity contribution in [2.45, 2.75) is 0 Å². The van der Waals surface area contributed by atoms with Crippen molar-refractivity contribution in [1.82, 2.24) is 0 Å². The number of phenolic OH excluding ortho intramolecular Hbond substituents is 1. The molecule has 0 saturated carbocycles. The van der Waals surface area contributed by atoms with Crippen LogP contribution in [0.1, 0.15) is 0 Å². The summed E-state index contributed by atoms with van der Waals surface area (Å²) in [6.45, 7) is 0. The summed E-state index contributed by atoms with van der Waals surface area (Å²) in [5.74, 6) is 0.332. The van der Waals surface area contributed by atoms with E-state index in [9.17, 15) is 5.11 Å². The molecule has 0 bridgehead atoms. The Hall–Kier alpha value is -1.07. The van der Waals surface area contributed by atoms with Gasteiger partial charge >= 0.3 is 0 Å². The molecule has 0 aliphatic rings. The fourth-order valence-electron chi connectivity index (χ4n) is 1.25. The zero-order valence-corrected chi connectivity index (χ0v) is 7.64. The van der Waals surface area contributed by atoms with Crippen LogP contribution in [0.25, 0.3) is 10.8 Å². The van der Waals surface area contributed by atoms with E-state index in [-0.39, 0.29) is 0 Å². The van der Waals surface area contributed by atoms with Gasteiger partial charge < -0.3 is 5.11 Å². The Labute approximate surface area is 73.2 Å². The fraction of sp³-hybridized carbons (Fsp3) is 0. The fourth-order valence-corrected chi connectivity index (χ4v) is 1.51. The Morgan fingerprint density at radius 1 is 1.00 bits per heavy atom. The number of fused-ring (bicyclic) bond motifs is 1. The van der Waals surface area contributed by atoms with Gasteiger partial charge in [-0.15, -0.1) is 9.24 Å². The summed E-state index contributed by atoms with van der Waals surface area (Å²) in [5.41, 5.74) is 0. The van der Waals surface area contributed by atoms with Gasteiger partial charge in [0.15, 0.2) is 0 Å². The van der Waals surface area contributed by atoms with E-state index >= 15 is 0 Å². The van der Waals surface area contributed by atoms with Gasteiger partial charge in [0, 0.05) is 5.30 Å². The van der Waals surface area contributed by atoms with Gasteiger partial charge in [0.25, 0.3) is 0 Å². The third-order valence-corrected chi connectivity index (χ3v) is 2.36. The van der Waals surface area contributed by atoms with Crippen molar-refractivity contribution in [3.63, 3.8) is 0 Å². The molecule has 1 unspecified atom stereocenters. The van der Waals surface area contributed by atoms with Crippen LogP contribution in [-0.4, -0.2) is 5.11 Å². The molecule has 2 heteroatoms. The molecule has 0 aromatic heterocycles. The van der Waals surface area contributed by atoms with E-state index in [1.54, 1.807) is 6.07 Å². The molecule has 0 aliphatic heterocycles. The number of aromatic hydroxyl groups is 1. The number of rotatable bonds is 0. The quantitative estimate of drug-likeness (QED) is 0.609. The predicted molar refractivity (Wildman–Crippen MR) is 55.0 cm³/mol. The lowest BCUT2D eigenvalue weighted by Crippen LogP contribution is -1.90. The minimum Gasteiger partial charge on any atom is -0.507 e. The van der Waals surface area contributed by atoms with Crippen molar-refractivity contribution >= 4 is 25.3 Å². The van der Waals surface area contributed by atoms with Crippen LogP contribution in [0.4, 0.5) is 0 Å². The van der Waals surface area contributed by atoms with E-state index < -0.39 is 0 Å². The largest absolute Gasteiger partial charge is 0.507 e. The first kappa shape index (κ1) is 7.57. The lowest BCUT2D eigenvalue weighted by Gasteiger charge is -2.01. The SMILES string of the molecule is Oc1cc2ccccc2cc1P. The molecule has 1 N–H and O–H groups in total. The van der Waals surface area contributed by atoms with E-state index in [0.717, 1.165) is 16.1 Å². The van der Waals surface area contributed by atoms with Gasteiger partial charge in [-0.2, -0.15) is 0 Å². The van der Waals surface area contributed by atoms with Crippen LogP contribution in [0.3, 0.4) is 0 Å². The molecule has 0 radical (unpaired) electrons. The Morgan fingerprint density at radius 2 is 1.58 bits per heavy atom. The summed E-state index contributed by atoms with van der Waals surface area (Å²) in [6, 6.07) is 11.7. The minimum atomic E-state index is 0.332. The average molecular weight is 176 g/mol. The van der Waals surface area contributed by atoms with Crippen LogP contribution in [0.15, 0.2) is 36.4 Å². The number of benzene rings is 2. The van der Waals surface area contributed by atoms with E-state index in [4.69, 9.17) is 0 Å². The van der Waals surface area contributed by atoms with Gasteiger partial charge in [-0.05, 0) is 22.9 Å². The summed E-state index contributed by atoms with van der Waals surface area (Å²) in [7, 11) is 2.51. The first-order valence-corrected chi connectivity index (χ1v) is 4.32. The van der Waals surface area contributed by atoms with Gasteiger partial charge in [0.2, 0.25) is 0 Å². The molecular weight excluding hydrogens is 167 g/mol. The van der Waals surface area contributed by atoms with Gasteiger partial charge in [0.1, 0.15) is 5.75 Å². The number of hydrogen-bond acceptors (Lipinski definition) is 1. The summed E-state index contributed by atoms with van der Waals surface area (Å²) in [6.07, 6.45) is 0. The number of phenols is 1. The first-order chi connectivity index (χ1) is 5.77. The second-order valence-electron chi connectivity index (χ2n) is 2.76. The van der Waals surface area contributed by atoms with E-state index in [1.807, 2.05) is 30.3 Å². The van der Waals surface area contributed by atoms with Crippen molar-refractivity contribution < 1.29 is 5.11 Å². The lowest BCUT2D eigenvalue weighted by molar-refractivity contribution is 0.480. The molecule has 0 heterocycles. The third-order valence-electron chi connectivity index (χ3n) is 1.90. The van der Waals surface area contributed by atoms with Crippen LogP contribution in [0.2, 0.25) is 0 Å². The highest BCUT2D eigenvalue weighted by atomic mass is 31.0. The van der Waals surface area contributed by atoms with E-state index in [0.29, 0.717) is 5.75 Å². The molecule has 0 fully saturated rings. The summed E-state index contributed by atoms with van der Waals surface area (Å²) in [4.78, 5) is 0. The van der Waals surface area contributed by atoms with Crippen molar-refractivity contribution in [1.29, 1.82) is 0 Å². The Morgan fingerprint density at radius 3 is 2.25 bits per heavy atom. The topological polar surface area (TPSA) is 20.2 Å². The zero-order chi connectivity index (χ0) is 8.55. The molecule has 0 amide bonds. The highest BCUT2D eigenvalue weighted by Gasteiger charge is 1.97. The molecule has 1 nitrogen and oxygen atoms in total. The summed E-state index contributed by atoms with van der Waals surface area (Å²) in [5, 5.41) is 12.5. The predicted octanol–water partition coefficient (Wildman–Crippen LogP) is 2.05. The normalized spacial score (nSPS) is 10.4. The molecule has 12 heavy (non-hydrogen) atoms. The standard InChI is InChI=1S/C10H9OP/c11-9-5-7-3-1-2-4-8(7)6-10(9)12/h1-6,11H,12H2. The zero-order valence-electron chi connectivity index (χ0n) is 6.49. The molecular formula is C10H9OP. The smallest absolute Gasteiger partial charge is 0.123 e. The molecule has 2 aromatic carbocycles. The van der Waals surface area contributed by atoms with Crippen LogP contribution >= 0.6 is 9.24 Å². The van der Waals surface area contributed by atoms with Crippen LogP contribution < -0.4 is 5.30 Å². The van der Waals surface area contributed by atoms with Crippen molar-refractivity contribution in [2.75, 3.05) is 0 Å². The maximum Gasteiger partial charge on any atom is 0.123 e. The van der Waals surface area contributed by atoms with E-state index in [2.05, 4.69) is 9.24 Å². The molecule has 2 aromatic rings. The molecule has 0 aliphatic carbocycles. The third kappa shape index (κ3) is 1.17. The van der Waals surface area contributed by atoms with Crippen molar-refractivity contribution in [2.24, 2.45) is 0 Å². The van der Waals surface area contributed by atoms with Gasteiger partial charge in [-0.25, -0.2) is 0 Å². The van der Waals surface area contributed by atoms with Crippen LogP contribution in [-0.2, 0) is 0 Å². The Kier molecular flexibility index (Phi) is 1.74. The second kappa shape index (κ2) is 2.76. The van der Waals surface area contributed by atoms with Crippen LogP contribution in [0, 0.1) is 0 Å². The maximum absolute atomic E-state index is 9.40. The average Bonchev–Trinajstić information content (AvgIpc) is 2.07. The lowest BCUT2D eigenvalue weighted by atomic mass is 10.1. The highest BCUT2D eigenvalue weighted by Crippen LogP contribution is 2.19. The van der Waals surface area contributed by atoms with Gasteiger partial charge in [0.05, 0.1) is 0 Å². The van der Waals surface area contributed by atoms with Crippen molar-refractivity contribution in [3.8, 4) is 5.75 Å². The minimum absolute atomic E-state index is 0.332. The molecule has 2 rings (SSSR count). The first-order valence-electron chi connectivity index (χ1n) is 3.74. The number of hydrogen-bond donors (Lipinski definition) is 1. The molecule has 1 atom stereocenters. The highest BCUT2D eigenvalue weighted by molar-refractivity contribution is 7.27. The summed E-state index contributed by atoms with van der Waals surface area (Å²) >= 11 is 0. The monoisotopic (exact) mass is 176 g/mol. The molecule has 0 spiro atoms. The molecule has 60 valence electrons. The summed E-state index contributed by atoms with van der Waals surface area (Å²) < 4.78 is 0. The second-order valence-corrected chi connectivity index (χ2v) is 3.38. The molecule has 0 saturated heterocycles. The van der Waals surface area contributed by atoms with Crippen molar-refractivity contribution in [3.05, 3.63) is 36.4 Å². The Balaban J connectivity index is 2.84. The van der Waals surface area contributed by atoms with Gasteiger partial charge in [-0.1, -0.05) is 24.3 Å². The van der Waals surface area contributed by atoms with Gasteiger partial charge in [-0.3, -0.25) is 0 Å². The van der Waals surface area contributed by atoms with Crippen LogP contribution in [0.5, 0.6) is 5.75 Å². The van der Waals surface area contributed by atoms with E-state index in [1.165, 1.54) is 0 Å². The maximum atomic E-state index is 9.40. The Bertz CT molecular complexity index is 383.